The van der Waals surface area contributed by atoms with Crippen LogP contribution in [0.2, 0.25) is 0 Å². The van der Waals surface area contributed by atoms with Gasteiger partial charge in [0.15, 0.2) is 5.82 Å². The molecule has 3 rings (SSSR count). The normalized spacial score (nSPS) is 38.8. The Morgan fingerprint density at radius 1 is 1.53 bits per heavy atom. The second kappa shape index (κ2) is 3.01. The summed E-state index contributed by atoms with van der Waals surface area (Å²) in [5.41, 5.74) is -0.550. The van der Waals surface area contributed by atoms with Crippen molar-refractivity contribution < 1.29 is 5.11 Å². The van der Waals surface area contributed by atoms with Crippen LogP contribution in [0.3, 0.4) is 0 Å². The molecule has 1 aromatic heterocycles. The summed E-state index contributed by atoms with van der Waals surface area (Å²) in [5.74, 6) is 1.87. The molecule has 1 aromatic rings. The van der Waals surface area contributed by atoms with Crippen molar-refractivity contribution in [3.8, 4) is 0 Å². The first kappa shape index (κ1) is 9.27. The minimum atomic E-state index is -0.550. The second-order valence-corrected chi connectivity index (χ2v) is 5.06. The SMILES string of the molecule is Cn1nnc(CC2(O)CC3CCC2C3)n1. The van der Waals surface area contributed by atoms with Crippen LogP contribution in [0.5, 0.6) is 0 Å². The number of fused-ring (bicyclic) bond motifs is 2. The molecule has 0 radical (unpaired) electrons. The maximum atomic E-state index is 10.5. The summed E-state index contributed by atoms with van der Waals surface area (Å²) in [6.45, 7) is 0. The van der Waals surface area contributed by atoms with Crippen LogP contribution in [0.4, 0.5) is 0 Å². The summed E-state index contributed by atoms with van der Waals surface area (Å²) >= 11 is 0. The summed E-state index contributed by atoms with van der Waals surface area (Å²) < 4.78 is 0. The van der Waals surface area contributed by atoms with E-state index in [2.05, 4.69) is 15.4 Å². The van der Waals surface area contributed by atoms with E-state index < -0.39 is 5.60 Å². The van der Waals surface area contributed by atoms with E-state index >= 15 is 0 Å². The van der Waals surface area contributed by atoms with Gasteiger partial charge >= 0.3 is 0 Å². The lowest BCUT2D eigenvalue weighted by Crippen LogP contribution is -2.37. The molecule has 82 valence electrons. The van der Waals surface area contributed by atoms with Crippen LogP contribution in [-0.4, -0.2) is 30.9 Å². The Kier molecular flexibility index (Phi) is 1.86. The smallest absolute Gasteiger partial charge is 0.177 e. The molecule has 15 heavy (non-hydrogen) atoms. The number of nitrogens with zero attached hydrogens (tertiary/aromatic N) is 4. The molecular formula is C10H16N4O. The quantitative estimate of drug-likeness (QED) is 0.759. The van der Waals surface area contributed by atoms with E-state index in [4.69, 9.17) is 0 Å². The van der Waals surface area contributed by atoms with Gasteiger partial charge in [-0.3, -0.25) is 0 Å². The van der Waals surface area contributed by atoms with Crippen LogP contribution in [0.25, 0.3) is 0 Å². The topological polar surface area (TPSA) is 63.8 Å². The zero-order chi connectivity index (χ0) is 10.5. The highest BCUT2D eigenvalue weighted by molar-refractivity contribution is 5.05. The zero-order valence-electron chi connectivity index (χ0n) is 8.93. The zero-order valence-corrected chi connectivity index (χ0v) is 8.93. The summed E-state index contributed by atoms with van der Waals surface area (Å²) in [7, 11) is 1.75. The number of hydrogen-bond acceptors (Lipinski definition) is 4. The molecule has 3 unspecified atom stereocenters. The lowest BCUT2D eigenvalue weighted by atomic mass is 9.81. The lowest BCUT2D eigenvalue weighted by Gasteiger charge is -2.31. The highest BCUT2D eigenvalue weighted by atomic mass is 16.3. The van der Waals surface area contributed by atoms with Gasteiger partial charge in [0.05, 0.1) is 12.6 Å². The van der Waals surface area contributed by atoms with Crippen LogP contribution in [0.15, 0.2) is 0 Å². The fourth-order valence-electron chi connectivity index (χ4n) is 3.30. The number of aromatic nitrogens is 4. The van der Waals surface area contributed by atoms with E-state index in [0.717, 1.165) is 12.3 Å². The van der Waals surface area contributed by atoms with Crippen molar-refractivity contribution in [2.24, 2.45) is 18.9 Å². The fraction of sp³-hybridized carbons (Fsp3) is 0.900. The Hall–Kier alpha value is -0.970. The molecule has 1 N–H and O–H groups in total. The maximum Gasteiger partial charge on any atom is 0.177 e. The average molecular weight is 208 g/mol. The van der Waals surface area contributed by atoms with Crippen molar-refractivity contribution in [2.75, 3.05) is 0 Å². The van der Waals surface area contributed by atoms with Gasteiger partial charge in [0, 0.05) is 6.42 Å². The monoisotopic (exact) mass is 208 g/mol. The van der Waals surface area contributed by atoms with Crippen molar-refractivity contribution in [1.29, 1.82) is 0 Å². The number of aryl methyl sites for hydroxylation is 1. The van der Waals surface area contributed by atoms with Gasteiger partial charge in [-0.15, -0.1) is 10.2 Å². The van der Waals surface area contributed by atoms with Gasteiger partial charge in [0.2, 0.25) is 0 Å². The Balaban J connectivity index is 1.77. The second-order valence-electron chi connectivity index (χ2n) is 5.06. The average Bonchev–Trinajstić information content (AvgIpc) is 2.81. The van der Waals surface area contributed by atoms with E-state index in [-0.39, 0.29) is 0 Å². The van der Waals surface area contributed by atoms with Crippen LogP contribution in [-0.2, 0) is 13.5 Å². The van der Waals surface area contributed by atoms with Gasteiger partial charge in [0.1, 0.15) is 0 Å². The minimum absolute atomic E-state index is 0.464. The molecule has 2 aliphatic rings. The van der Waals surface area contributed by atoms with E-state index in [0.29, 0.717) is 18.2 Å². The van der Waals surface area contributed by atoms with E-state index in [9.17, 15) is 5.11 Å². The third-order valence-corrected chi connectivity index (χ3v) is 3.96. The van der Waals surface area contributed by atoms with Gasteiger partial charge in [-0.05, 0) is 42.7 Å². The van der Waals surface area contributed by atoms with E-state index in [1.807, 2.05) is 0 Å². The molecular weight excluding hydrogens is 192 g/mol. The summed E-state index contributed by atoms with van der Waals surface area (Å²) in [4.78, 5) is 1.45. The molecule has 3 atom stereocenters. The lowest BCUT2D eigenvalue weighted by molar-refractivity contribution is -0.0142. The minimum Gasteiger partial charge on any atom is -0.389 e. The molecule has 5 heteroatoms. The highest BCUT2D eigenvalue weighted by Gasteiger charge is 2.50. The van der Waals surface area contributed by atoms with Gasteiger partial charge in [-0.2, -0.15) is 4.80 Å². The first-order chi connectivity index (χ1) is 7.16. The van der Waals surface area contributed by atoms with Gasteiger partial charge in [-0.1, -0.05) is 0 Å². The standard InChI is InChI=1S/C10H16N4O/c1-14-12-9(11-13-14)6-10(15)5-7-2-3-8(10)4-7/h7-8,15H,2-6H2,1H3. The molecule has 2 fully saturated rings. The Labute approximate surface area is 88.5 Å². The summed E-state index contributed by atoms with van der Waals surface area (Å²) in [6.07, 6.45) is 5.15. The van der Waals surface area contributed by atoms with Crippen LogP contribution >= 0.6 is 0 Å². The van der Waals surface area contributed by atoms with Gasteiger partial charge in [0.25, 0.3) is 0 Å². The molecule has 0 aliphatic heterocycles. The summed E-state index contributed by atoms with van der Waals surface area (Å²) in [6, 6.07) is 0. The van der Waals surface area contributed by atoms with E-state index in [1.165, 1.54) is 24.1 Å². The molecule has 0 amide bonds. The Morgan fingerprint density at radius 3 is 2.93 bits per heavy atom. The largest absolute Gasteiger partial charge is 0.389 e. The third kappa shape index (κ3) is 1.45. The van der Waals surface area contributed by atoms with Crippen molar-refractivity contribution in [3.05, 3.63) is 5.82 Å². The number of rotatable bonds is 2. The molecule has 5 nitrogen and oxygen atoms in total. The predicted octanol–water partition coefficient (Wildman–Crippen LogP) is 0.304. The Morgan fingerprint density at radius 2 is 2.40 bits per heavy atom. The fourth-order valence-corrected chi connectivity index (χ4v) is 3.30. The van der Waals surface area contributed by atoms with Crippen molar-refractivity contribution in [1.82, 2.24) is 20.2 Å². The molecule has 0 aromatic carbocycles. The van der Waals surface area contributed by atoms with Crippen LogP contribution in [0.1, 0.15) is 31.5 Å². The third-order valence-electron chi connectivity index (χ3n) is 3.96. The van der Waals surface area contributed by atoms with E-state index in [1.54, 1.807) is 7.05 Å². The van der Waals surface area contributed by atoms with Crippen LogP contribution < -0.4 is 0 Å². The molecule has 2 aliphatic carbocycles. The highest BCUT2D eigenvalue weighted by Crippen LogP contribution is 2.51. The summed E-state index contributed by atoms with van der Waals surface area (Å²) in [5, 5.41) is 22.4. The molecule has 1 heterocycles. The molecule has 2 bridgehead atoms. The van der Waals surface area contributed by atoms with Crippen molar-refractivity contribution >= 4 is 0 Å². The Bertz CT molecular complexity index is 377. The first-order valence-electron chi connectivity index (χ1n) is 5.61. The number of aliphatic hydroxyl groups is 1. The van der Waals surface area contributed by atoms with Crippen LogP contribution in [0, 0.1) is 11.8 Å². The first-order valence-corrected chi connectivity index (χ1v) is 5.61. The van der Waals surface area contributed by atoms with Crippen molar-refractivity contribution in [2.45, 2.75) is 37.7 Å². The number of hydrogen-bond donors (Lipinski definition) is 1. The maximum absolute atomic E-state index is 10.5. The van der Waals surface area contributed by atoms with Gasteiger partial charge < -0.3 is 5.11 Å². The van der Waals surface area contributed by atoms with Gasteiger partial charge in [-0.25, -0.2) is 0 Å². The molecule has 0 saturated heterocycles. The van der Waals surface area contributed by atoms with Crippen molar-refractivity contribution in [3.63, 3.8) is 0 Å². The molecule has 2 saturated carbocycles. The molecule has 0 spiro atoms. The predicted molar refractivity (Wildman–Crippen MR) is 52.9 cm³/mol. The number of tetrazole rings is 1.